The molecule has 0 N–H and O–H groups in total. The third kappa shape index (κ3) is 1.21. The van der Waals surface area contributed by atoms with Gasteiger partial charge in [-0.25, -0.2) is 0 Å². The van der Waals surface area contributed by atoms with Crippen LogP contribution in [-0.2, 0) is 20.4 Å². The molecule has 0 aliphatic rings. The predicted molar refractivity (Wildman–Crippen MR) is 30.8 cm³/mol. The molecule has 0 aliphatic heterocycles. The van der Waals surface area contributed by atoms with Crippen molar-refractivity contribution >= 4 is 3.87 Å². The van der Waals surface area contributed by atoms with Crippen LogP contribution in [-0.4, -0.2) is 0 Å². The number of rotatable bonds is 0. The van der Waals surface area contributed by atoms with Crippen LogP contribution in [0.25, 0.3) is 0 Å². The molecule has 0 aliphatic carbocycles. The van der Waals surface area contributed by atoms with E-state index in [1.807, 2.05) is 0 Å². The maximum absolute atomic E-state index is 2.12. The quantitative estimate of drug-likeness (QED) is 0.473. The van der Waals surface area contributed by atoms with Gasteiger partial charge in [-0.05, 0) is 0 Å². The van der Waals surface area contributed by atoms with E-state index in [1.54, 1.807) is 0 Å². The first kappa shape index (κ1) is 6.06. The molecule has 0 radical (unpaired) electrons. The van der Waals surface area contributed by atoms with Crippen LogP contribution in [0.2, 0.25) is 0 Å². The average molecular weight is 139 g/mol. The second kappa shape index (κ2) is 2.47. The van der Waals surface area contributed by atoms with Gasteiger partial charge in [0.25, 0.3) is 0 Å². The Kier molecular flexibility index (Phi) is 1.87. The molecule has 39 valence electrons. The van der Waals surface area contributed by atoms with Gasteiger partial charge < -0.3 is 0 Å². The van der Waals surface area contributed by atoms with Crippen molar-refractivity contribution in [3.63, 3.8) is 0 Å². The van der Waals surface area contributed by atoms with E-state index in [0.29, 0.717) is 0 Å². The van der Waals surface area contributed by atoms with Gasteiger partial charge in [-0.15, -0.1) is 0 Å². The Morgan fingerprint density at radius 3 is 2.25 bits per heavy atom. The van der Waals surface area contributed by atoms with Crippen LogP contribution >= 0.6 is 0 Å². The first-order valence-corrected chi connectivity index (χ1v) is 3.36. The molecule has 0 unspecified atom stereocenters. The van der Waals surface area contributed by atoms with E-state index >= 15 is 0 Å². The monoisotopic (exact) mass is 139 g/mol. The van der Waals surface area contributed by atoms with Crippen LogP contribution < -0.4 is 3.87 Å². The first-order chi connectivity index (χ1) is 3.80. The number of benzene rings is 1. The number of hydrogen-bond acceptors (Lipinski definition) is 0. The molecule has 1 aromatic rings. The molecule has 0 saturated heterocycles. The van der Waals surface area contributed by atoms with Crippen molar-refractivity contribution in [2.45, 2.75) is 6.92 Å². The maximum atomic E-state index is 2.12. The molecular formula is C7H7Ti. The van der Waals surface area contributed by atoms with Crippen LogP contribution in [0.5, 0.6) is 0 Å². The second-order valence-electron chi connectivity index (χ2n) is 1.81. The van der Waals surface area contributed by atoms with E-state index in [1.165, 1.54) is 9.43 Å². The van der Waals surface area contributed by atoms with Gasteiger partial charge in [-0.1, -0.05) is 0 Å². The minimum atomic E-state index is 1.37. The Balaban J connectivity index is 3.13. The summed E-state index contributed by atoms with van der Waals surface area (Å²) in [5.74, 6) is 0. The van der Waals surface area contributed by atoms with E-state index in [9.17, 15) is 0 Å². The molecule has 0 bridgehead atoms. The molecule has 0 saturated carbocycles. The van der Waals surface area contributed by atoms with E-state index in [-0.39, 0.29) is 0 Å². The summed E-state index contributed by atoms with van der Waals surface area (Å²) in [5, 5.41) is 0. The Hall–Kier alpha value is -0.0657. The van der Waals surface area contributed by atoms with Crippen LogP contribution in [0, 0.1) is 6.92 Å². The van der Waals surface area contributed by atoms with Crippen LogP contribution in [0.15, 0.2) is 24.3 Å². The standard InChI is InChI=1S/C7H7.Ti/c1-7-5-3-2-4-6-7;/h2-5H,1H3;. The molecule has 0 amide bonds. The molecule has 0 aromatic heterocycles. The van der Waals surface area contributed by atoms with Crippen molar-refractivity contribution < 1.29 is 20.4 Å². The summed E-state index contributed by atoms with van der Waals surface area (Å²) >= 11 is 2.12. The van der Waals surface area contributed by atoms with Crippen LogP contribution in [0.4, 0.5) is 0 Å². The normalized spacial score (nSPS) is 9.00. The van der Waals surface area contributed by atoms with Crippen molar-refractivity contribution in [1.29, 1.82) is 0 Å². The fraction of sp³-hybridized carbons (Fsp3) is 0.143. The van der Waals surface area contributed by atoms with Gasteiger partial charge in [0, 0.05) is 0 Å². The summed E-state index contributed by atoms with van der Waals surface area (Å²) in [6.45, 7) is 2.12. The molecule has 0 fully saturated rings. The number of aryl methyl sites for hydroxylation is 1. The molecule has 0 nitrogen and oxygen atoms in total. The molecule has 0 spiro atoms. The molecule has 0 heterocycles. The average Bonchev–Trinajstić information content (AvgIpc) is 1.77. The number of hydrogen-bond donors (Lipinski definition) is 0. The summed E-state index contributed by atoms with van der Waals surface area (Å²) in [6, 6.07) is 8.36. The SMILES string of the molecule is Cc1cccc[c]1[Ti]. The molecular weight excluding hydrogens is 132 g/mol. The van der Waals surface area contributed by atoms with Crippen molar-refractivity contribution in [1.82, 2.24) is 0 Å². The van der Waals surface area contributed by atoms with Gasteiger partial charge in [0.2, 0.25) is 0 Å². The summed E-state index contributed by atoms with van der Waals surface area (Å²) in [7, 11) is 0. The van der Waals surface area contributed by atoms with Crippen LogP contribution in [0.1, 0.15) is 5.56 Å². The zero-order valence-corrected chi connectivity index (χ0v) is 6.37. The van der Waals surface area contributed by atoms with Crippen molar-refractivity contribution in [2.24, 2.45) is 0 Å². The Morgan fingerprint density at radius 1 is 1.25 bits per heavy atom. The van der Waals surface area contributed by atoms with E-state index in [2.05, 4.69) is 51.6 Å². The van der Waals surface area contributed by atoms with Gasteiger partial charge in [0.15, 0.2) is 0 Å². The summed E-state index contributed by atoms with van der Waals surface area (Å²) in [6.07, 6.45) is 0. The topological polar surface area (TPSA) is 0 Å². The Morgan fingerprint density at radius 2 is 1.88 bits per heavy atom. The zero-order valence-electron chi connectivity index (χ0n) is 4.81. The Bertz CT molecular complexity index is 160. The summed E-state index contributed by atoms with van der Waals surface area (Å²) in [5.41, 5.74) is 1.37. The first-order valence-electron chi connectivity index (χ1n) is 2.58. The zero-order chi connectivity index (χ0) is 5.98. The van der Waals surface area contributed by atoms with E-state index in [0.717, 1.165) is 0 Å². The molecule has 1 aromatic carbocycles. The molecule has 8 heavy (non-hydrogen) atoms. The second-order valence-corrected chi connectivity index (χ2v) is 2.66. The van der Waals surface area contributed by atoms with E-state index in [4.69, 9.17) is 0 Å². The van der Waals surface area contributed by atoms with Crippen molar-refractivity contribution in [2.75, 3.05) is 0 Å². The predicted octanol–water partition coefficient (Wildman–Crippen LogP) is 1.17. The Labute approximate surface area is 61.3 Å². The van der Waals surface area contributed by atoms with Crippen LogP contribution in [0.3, 0.4) is 0 Å². The van der Waals surface area contributed by atoms with Gasteiger partial charge in [0.05, 0.1) is 0 Å². The van der Waals surface area contributed by atoms with Crippen molar-refractivity contribution in [3.8, 4) is 0 Å². The van der Waals surface area contributed by atoms with Gasteiger partial charge in [-0.3, -0.25) is 0 Å². The molecule has 1 rings (SSSR count). The molecule has 0 atom stereocenters. The van der Waals surface area contributed by atoms with Gasteiger partial charge in [-0.2, -0.15) is 0 Å². The third-order valence-electron chi connectivity index (χ3n) is 1.15. The fourth-order valence-corrected chi connectivity index (χ4v) is 0.853. The minimum absolute atomic E-state index is 1.37. The summed E-state index contributed by atoms with van der Waals surface area (Å²) < 4.78 is 1.37. The fourth-order valence-electron chi connectivity index (χ4n) is 0.573. The van der Waals surface area contributed by atoms with Gasteiger partial charge >= 0.3 is 61.1 Å². The summed E-state index contributed by atoms with van der Waals surface area (Å²) in [4.78, 5) is 0. The van der Waals surface area contributed by atoms with Crippen molar-refractivity contribution in [3.05, 3.63) is 29.8 Å². The molecule has 1 heteroatoms. The van der Waals surface area contributed by atoms with Gasteiger partial charge in [0.1, 0.15) is 0 Å². The van der Waals surface area contributed by atoms with E-state index < -0.39 is 0 Å². The third-order valence-corrected chi connectivity index (χ3v) is 2.02.